The Morgan fingerprint density at radius 1 is 0.793 bits per heavy atom. The molecule has 2 fully saturated rings. The van der Waals surface area contributed by atoms with Crippen molar-refractivity contribution in [1.82, 2.24) is 9.97 Å². The Kier molecular flexibility index (Phi) is 5.79. The fourth-order valence-corrected chi connectivity index (χ4v) is 4.11. The molecule has 0 saturated heterocycles. The maximum absolute atomic E-state index is 13.0. The molecule has 29 heavy (non-hydrogen) atoms. The van der Waals surface area contributed by atoms with Crippen LogP contribution in [0.3, 0.4) is 0 Å². The summed E-state index contributed by atoms with van der Waals surface area (Å²) in [5.74, 6) is -0.523. The molecule has 0 bridgehead atoms. The highest BCUT2D eigenvalue weighted by Crippen LogP contribution is 2.30. The zero-order chi connectivity index (χ0) is 20.2. The standard InChI is InChI=1S/C25H26N2O2/c1-17-9-3-2-4-14-22(28)23-24(25(17)29)27-21(16-19-12-7-8-13-19)20(26-23)15-18-10-5-6-11-18/h2-4,9,15-16H,1,5-8,10-14H2/b4-2-,9-3-. The lowest BCUT2D eigenvalue weighted by Gasteiger charge is -2.12. The molecular weight excluding hydrogens is 360 g/mol. The number of rotatable bonds is 2. The van der Waals surface area contributed by atoms with Crippen LogP contribution in [0.1, 0.15) is 90.2 Å². The molecule has 4 heteroatoms. The molecule has 4 rings (SSSR count). The number of hydrogen-bond donors (Lipinski definition) is 0. The van der Waals surface area contributed by atoms with Gasteiger partial charge in [0.1, 0.15) is 11.4 Å². The molecule has 148 valence electrons. The first-order chi connectivity index (χ1) is 14.1. The SMILES string of the molecule is C=C1/C=C\C=C/CC(=O)c2nc(C=C3CCCC3)c(C=C3CCCC3)nc2C1=O. The van der Waals surface area contributed by atoms with E-state index in [1.807, 2.05) is 0 Å². The van der Waals surface area contributed by atoms with Crippen LogP contribution in [0.5, 0.6) is 0 Å². The number of allylic oxidation sites excluding steroid dienone is 7. The Balaban J connectivity index is 1.88. The molecule has 1 aromatic heterocycles. The van der Waals surface area contributed by atoms with Crippen molar-refractivity contribution in [3.63, 3.8) is 0 Å². The summed E-state index contributed by atoms with van der Waals surface area (Å²) >= 11 is 0. The van der Waals surface area contributed by atoms with Crippen LogP contribution < -0.4 is 0 Å². The first-order valence-corrected chi connectivity index (χ1v) is 10.5. The minimum absolute atomic E-state index is 0.123. The summed E-state index contributed by atoms with van der Waals surface area (Å²) < 4.78 is 0. The Hall–Kier alpha value is -2.88. The highest BCUT2D eigenvalue weighted by atomic mass is 16.1. The van der Waals surface area contributed by atoms with E-state index in [0.717, 1.165) is 25.7 Å². The summed E-state index contributed by atoms with van der Waals surface area (Å²) in [6.07, 6.45) is 20.3. The lowest BCUT2D eigenvalue weighted by Crippen LogP contribution is -2.17. The number of fused-ring (bicyclic) bond motifs is 1. The van der Waals surface area contributed by atoms with Crippen LogP contribution in [-0.2, 0) is 0 Å². The Morgan fingerprint density at radius 2 is 1.34 bits per heavy atom. The van der Waals surface area contributed by atoms with Gasteiger partial charge in [0.2, 0.25) is 5.78 Å². The molecule has 0 N–H and O–H groups in total. The summed E-state index contributed by atoms with van der Waals surface area (Å²) in [6.45, 7) is 3.85. The molecule has 3 aliphatic carbocycles. The molecular formula is C25H26N2O2. The first-order valence-electron chi connectivity index (χ1n) is 10.5. The van der Waals surface area contributed by atoms with E-state index in [-0.39, 0.29) is 29.4 Å². The summed E-state index contributed by atoms with van der Waals surface area (Å²) in [4.78, 5) is 35.2. The smallest absolute Gasteiger partial charge is 0.213 e. The third-order valence-electron chi connectivity index (χ3n) is 5.74. The summed E-state index contributed by atoms with van der Waals surface area (Å²) in [6, 6.07) is 0. The molecule has 4 nitrogen and oxygen atoms in total. The van der Waals surface area contributed by atoms with Gasteiger partial charge in [0.25, 0.3) is 0 Å². The van der Waals surface area contributed by atoms with Crippen molar-refractivity contribution in [1.29, 1.82) is 0 Å². The van der Waals surface area contributed by atoms with Gasteiger partial charge < -0.3 is 0 Å². The summed E-state index contributed by atoms with van der Waals surface area (Å²) in [5.41, 5.74) is 4.69. The van der Waals surface area contributed by atoms with E-state index in [0.29, 0.717) is 17.0 Å². The van der Waals surface area contributed by atoms with Crippen LogP contribution in [-0.4, -0.2) is 21.5 Å². The zero-order valence-electron chi connectivity index (χ0n) is 16.7. The van der Waals surface area contributed by atoms with Gasteiger partial charge in [0.15, 0.2) is 5.78 Å². The molecule has 0 radical (unpaired) electrons. The van der Waals surface area contributed by atoms with Crippen molar-refractivity contribution in [2.75, 3.05) is 0 Å². The molecule has 0 unspecified atom stereocenters. The number of carbonyl (C=O) groups excluding carboxylic acids is 2. The number of hydrogen-bond acceptors (Lipinski definition) is 4. The van der Waals surface area contributed by atoms with E-state index in [1.54, 1.807) is 24.3 Å². The van der Waals surface area contributed by atoms with Gasteiger partial charge in [0, 0.05) is 12.0 Å². The molecule has 1 aromatic rings. The van der Waals surface area contributed by atoms with Gasteiger partial charge in [-0.2, -0.15) is 0 Å². The largest absolute Gasteiger partial charge is 0.292 e. The predicted octanol–water partition coefficient (Wildman–Crippen LogP) is 5.83. The van der Waals surface area contributed by atoms with Gasteiger partial charge in [-0.15, -0.1) is 0 Å². The second kappa shape index (κ2) is 8.64. The average Bonchev–Trinajstić information content (AvgIpc) is 3.41. The van der Waals surface area contributed by atoms with Crippen molar-refractivity contribution < 1.29 is 9.59 Å². The van der Waals surface area contributed by atoms with E-state index in [1.165, 1.54) is 36.8 Å². The van der Waals surface area contributed by atoms with Gasteiger partial charge in [-0.25, -0.2) is 9.97 Å². The minimum atomic E-state index is -0.335. The van der Waals surface area contributed by atoms with E-state index in [2.05, 4.69) is 18.7 Å². The first kappa shape index (κ1) is 19.4. The van der Waals surface area contributed by atoms with E-state index in [9.17, 15) is 9.59 Å². The fourth-order valence-electron chi connectivity index (χ4n) is 4.11. The maximum atomic E-state index is 13.0. The second-order valence-corrected chi connectivity index (χ2v) is 7.98. The van der Waals surface area contributed by atoms with Crippen molar-refractivity contribution in [2.45, 2.75) is 57.8 Å². The monoisotopic (exact) mass is 386 g/mol. The zero-order valence-corrected chi connectivity index (χ0v) is 16.7. The molecule has 0 spiro atoms. The van der Waals surface area contributed by atoms with Crippen LogP contribution >= 0.6 is 0 Å². The quantitative estimate of drug-likeness (QED) is 0.600. The number of carbonyl (C=O) groups is 2. The van der Waals surface area contributed by atoms with Crippen LogP contribution in [0.15, 0.2) is 47.6 Å². The van der Waals surface area contributed by atoms with Gasteiger partial charge in [-0.3, -0.25) is 9.59 Å². The van der Waals surface area contributed by atoms with Crippen molar-refractivity contribution in [3.8, 4) is 0 Å². The highest BCUT2D eigenvalue weighted by molar-refractivity contribution is 6.15. The average molecular weight is 386 g/mol. The van der Waals surface area contributed by atoms with E-state index in [4.69, 9.17) is 9.97 Å². The van der Waals surface area contributed by atoms with Crippen molar-refractivity contribution in [3.05, 3.63) is 70.4 Å². The van der Waals surface area contributed by atoms with Crippen molar-refractivity contribution in [2.24, 2.45) is 0 Å². The Bertz CT molecular complexity index is 976. The number of ketones is 2. The lowest BCUT2D eigenvalue weighted by molar-refractivity contribution is 0.0970. The minimum Gasteiger partial charge on any atom is -0.292 e. The third kappa shape index (κ3) is 4.42. The molecule has 0 aromatic carbocycles. The van der Waals surface area contributed by atoms with Crippen LogP contribution in [0.4, 0.5) is 0 Å². The second-order valence-electron chi connectivity index (χ2n) is 7.98. The molecule has 0 amide bonds. The van der Waals surface area contributed by atoms with Crippen molar-refractivity contribution >= 4 is 23.7 Å². The number of aromatic nitrogens is 2. The third-order valence-corrected chi connectivity index (χ3v) is 5.74. The molecule has 0 atom stereocenters. The highest BCUT2D eigenvalue weighted by Gasteiger charge is 2.24. The van der Waals surface area contributed by atoms with Gasteiger partial charge >= 0.3 is 0 Å². The molecule has 2 saturated carbocycles. The molecule has 0 aliphatic heterocycles. The van der Waals surface area contributed by atoms with Gasteiger partial charge in [-0.05, 0) is 63.5 Å². The number of nitrogens with zero attached hydrogens (tertiary/aromatic N) is 2. The maximum Gasteiger partial charge on any atom is 0.213 e. The number of Topliss-reactive ketones (excluding diaryl/α,β-unsaturated/α-hetero) is 2. The summed E-state index contributed by atoms with van der Waals surface area (Å²) in [7, 11) is 0. The normalized spacial score (nSPS) is 21.9. The molecule has 3 aliphatic rings. The van der Waals surface area contributed by atoms with Crippen LogP contribution in [0.25, 0.3) is 12.2 Å². The van der Waals surface area contributed by atoms with Crippen LogP contribution in [0, 0.1) is 0 Å². The molecule has 1 heterocycles. The lowest BCUT2D eigenvalue weighted by atomic mass is 10.0. The van der Waals surface area contributed by atoms with Gasteiger partial charge in [0.05, 0.1) is 11.4 Å². The van der Waals surface area contributed by atoms with Crippen LogP contribution in [0.2, 0.25) is 0 Å². The van der Waals surface area contributed by atoms with E-state index < -0.39 is 0 Å². The van der Waals surface area contributed by atoms with E-state index >= 15 is 0 Å². The summed E-state index contributed by atoms with van der Waals surface area (Å²) in [5, 5.41) is 0. The Morgan fingerprint density at radius 3 is 1.93 bits per heavy atom. The fraction of sp³-hybridized carbons (Fsp3) is 0.360. The predicted molar refractivity (Wildman–Crippen MR) is 116 cm³/mol. The van der Waals surface area contributed by atoms with Gasteiger partial charge in [-0.1, -0.05) is 42.0 Å². The topological polar surface area (TPSA) is 59.9 Å². The Labute approximate surface area is 171 Å².